The van der Waals surface area contributed by atoms with E-state index in [0.717, 1.165) is 17.0 Å². The first-order chi connectivity index (χ1) is 13.3. The summed E-state index contributed by atoms with van der Waals surface area (Å²) in [6.07, 6.45) is -4.58. The van der Waals surface area contributed by atoms with E-state index in [4.69, 9.17) is 11.6 Å². The highest BCUT2D eigenvalue weighted by Gasteiger charge is 2.42. The number of nitrogens with zero attached hydrogens (tertiary/aromatic N) is 1. The molecule has 29 heavy (non-hydrogen) atoms. The Bertz CT molecular complexity index is 810. The van der Waals surface area contributed by atoms with E-state index in [2.05, 4.69) is 5.32 Å². The molecule has 0 unspecified atom stereocenters. The largest absolute Gasteiger partial charge is 0.408 e. The van der Waals surface area contributed by atoms with Gasteiger partial charge in [-0.15, -0.1) is 0 Å². The van der Waals surface area contributed by atoms with E-state index in [1.54, 1.807) is 5.32 Å². The summed E-state index contributed by atoms with van der Waals surface area (Å²) in [5.41, 5.74) is -0.104. The highest BCUT2D eigenvalue weighted by atomic mass is 35.5. The molecule has 0 bridgehead atoms. The molecule has 2 N–H and O–H groups in total. The third-order valence-electron chi connectivity index (χ3n) is 4.64. The maximum absolute atomic E-state index is 13.4. The van der Waals surface area contributed by atoms with Crippen LogP contribution in [0.1, 0.15) is 20.3 Å². The lowest BCUT2D eigenvalue weighted by Gasteiger charge is -2.25. The van der Waals surface area contributed by atoms with Crippen LogP contribution in [0.4, 0.5) is 27.6 Å². The van der Waals surface area contributed by atoms with Crippen LogP contribution in [-0.2, 0) is 14.4 Å². The van der Waals surface area contributed by atoms with Crippen LogP contribution in [0.15, 0.2) is 12.1 Å². The third-order valence-corrected chi connectivity index (χ3v) is 4.91. The van der Waals surface area contributed by atoms with E-state index < -0.39 is 58.6 Å². The minimum atomic E-state index is -4.71. The van der Waals surface area contributed by atoms with Gasteiger partial charge in [0.1, 0.15) is 6.04 Å². The Morgan fingerprint density at radius 3 is 2.41 bits per heavy atom. The van der Waals surface area contributed by atoms with Crippen molar-refractivity contribution in [1.29, 1.82) is 0 Å². The highest BCUT2D eigenvalue weighted by Crippen LogP contribution is 2.28. The summed E-state index contributed by atoms with van der Waals surface area (Å²) >= 11 is 5.52. The molecule has 1 aliphatic heterocycles. The van der Waals surface area contributed by atoms with Gasteiger partial charge in [0.25, 0.3) is 0 Å². The van der Waals surface area contributed by atoms with E-state index in [1.807, 2.05) is 0 Å². The maximum atomic E-state index is 13.4. The summed E-state index contributed by atoms with van der Waals surface area (Å²) in [6.45, 7) is 2.11. The number of rotatable bonds is 3. The van der Waals surface area contributed by atoms with Crippen LogP contribution in [0.25, 0.3) is 0 Å². The van der Waals surface area contributed by atoms with Crippen LogP contribution in [0.2, 0.25) is 5.02 Å². The van der Waals surface area contributed by atoms with Crippen molar-refractivity contribution < 1.29 is 36.3 Å². The first kappa shape index (κ1) is 22.9. The number of carbonyl (C=O) groups is 3. The molecule has 1 aromatic carbocycles. The average molecular weight is 442 g/mol. The van der Waals surface area contributed by atoms with E-state index in [0.29, 0.717) is 6.92 Å². The molecule has 2 rings (SSSR count). The van der Waals surface area contributed by atoms with Crippen LogP contribution in [-0.4, -0.2) is 47.4 Å². The number of anilines is 1. The number of alkyl halides is 3. The molecule has 0 saturated carbocycles. The second-order valence-corrected chi connectivity index (χ2v) is 7.02. The molecule has 1 aliphatic rings. The van der Waals surface area contributed by atoms with Crippen LogP contribution in [0.3, 0.4) is 0 Å². The van der Waals surface area contributed by atoms with Gasteiger partial charge in [0.15, 0.2) is 11.6 Å². The van der Waals surface area contributed by atoms with Crippen molar-refractivity contribution in [2.75, 3.05) is 11.9 Å². The van der Waals surface area contributed by atoms with Crippen molar-refractivity contribution in [3.63, 3.8) is 0 Å². The minimum absolute atomic E-state index is 0.0373. The monoisotopic (exact) mass is 441 g/mol. The van der Waals surface area contributed by atoms with E-state index in [9.17, 15) is 36.3 Å². The van der Waals surface area contributed by atoms with Crippen molar-refractivity contribution in [3.05, 3.63) is 28.8 Å². The maximum Gasteiger partial charge on any atom is 0.408 e. The number of benzene rings is 1. The molecule has 0 aliphatic carbocycles. The van der Waals surface area contributed by atoms with Crippen LogP contribution in [0.5, 0.6) is 0 Å². The number of nitrogens with one attached hydrogen (secondary N) is 2. The fourth-order valence-electron chi connectivity index (χ4n) is 2.91. The van der Waals surface area contributed by atoms with Gasteiger partial charge < -0.3 is 15.5 Å². The van der Waals surface area contributed by atoms with Crippen molar-refractivity contribution in [2.24, 2.45) is 5.92 Å². The van der Waals surface area contributed by atoms with Crippen LogP contribution >= 0.6 is 11.6 Å². The van der Waals surface area contributed by atoms with E-state index in [1.165, 1.54) is 6.92 Å². The van der Waals surface area contributed by atoms with Gasteiger partial charge in [-0.25, -0.2) is 8.78 Å². The Labute approximate surface area is 167 Å². The smallest absolute Gasteiger partial charge is 0.336 e. The fraction of sp³-hybridized carbons (Fsp3) is 0.471. The zero-order valence-corrected chi connectivity index (χ0v) is 16.0. The number of amides is 3. The van der Waals surface area contributed by atoms with Crippen molar-refractivity contribution in [2.45, 2.75) is 38.5 Å². The van der Waals surface area contributed by atoms with Gasteiger partial charge in [0.2, 0.25) is 5.91 Å². The third kappa shape index (κ3) is 5.14. The summed E-state index contributed by atoms with van der Waals surface area (Å²) in [7, 11) is 0. The second-order valence-electron chi connectivity index (χ2n) is 6.61. The molecule has 160 valence electrons. The molecular weight excluding hydrogens is 425 g/mol. The van der Waals surface area contributed by atoms with Gasteiger partial charge in [-0.2, -0.15) is 13.2 Å². The molecule has 0 spiro atoms. The molecule has 1 heterocycles. The summed E-state index contributed by atoms with van der Waals surface area (Å²) in [6, 6.07) is -1.29. The number of carbonyl (C=O) groups excluding carboxylic acids is 3. The Kier molecular flexibility index (Phi) is 6.71. The van der Waals surface area contributed by atoms with E-state index in [-0.39, 0.29) is 18.7 Å². The van der Waals surface area contributed by atoms with Gasteiger partial charge in [0.05, 0.1) is 10.9 Å². The first-order valence-corrected chi connectivity index (χ1v) is 8.84. The molecule has 1 fully saturated rings. The molecule has 1 aromatic rings. The fourth-order valence-corrected chi connectivity index (χ4v) is 3.12. The predicted octanol–water partition coefficient (Wildman–Crippen LogP) is 2.86. The molecule has 3 amide bonds. The van der Waals surface area contributed by atoms with Crippen molar-refractivity contribution in [1.82, 2.24) is 10.2 Å². The Morgan fingerprint density at radius 1 is 1.24 bits per heavy atom. The topological polar surface area (TPSA) is 78.5 Å². The lowest BCUT2D eigenvalue weighted by molar-refractivity contribution is -0.162. The lowest BCUT2D eigenvalue weighted by atomic mass is 10.0. The van der Waals surface area contributed by atoms with Gasteiger partial charge >= 0.3 is 18.0 Å². The molecule has 12 heteroatoms. The lowest BCUT2D eigenvalue weighted by Crippen LogP contribution is -2.51. The molecule has 6 nitrogen and oxygen atoms in total. The Hall–Kier alpha value is -2.43. The molecule has 3 atom stereocenters. The Morgan fingerprint density at radius 2 is 1.86 bits per heavy atom. The number of hydrogen-bond donors (Lipinski definition) is 2. The number of likely N-dealkylation sites (tertiary alicyclic amines) is 1. The molecular formula is C17H17ClF5N3O3. The summed E-state index contributed by atoms with van der Waals surface area (Å²) < 4.78 is 64.2. The standard InChI is InChI=1S/C17H17ClF5N3O3/c1-7-10(14(27)25-9-5-11(18)13(20)12(19)6-9)3-4-26(7)16(29)15(28)24-8(2)17(21,22)23/h5-8,10H,3-4H2,1-2H3,(H,24,28)(H,25,27)/t7-,8+,10+/m0/s1. The Balaban J connectivity index is 2.03. The highest BCUT2D eigenvalue weighted by molar-refractivity contribution is 6.35. The zero-order valence-electron chi connectivity index (χ0n) is 15.2. The van der Waals surface area contributed by atoms with E-state index >= 15 is 0 Å². The quantitative estimate of drug-likeness (QED) is 0.430. The SMILES string of the molecule is C[C@H]1[C@H](C(=O)Nc2cc(F)c(F)c(Cl)c2)CCN1C(=O)C(=O)N[C@H](C)C(F)(F)F. The second kappa shape index (κ2) is 8.52. The van der Waals surface area contributed by atoms with Gasteiger partial charge in [-0.05, 0) is 26.3 Å². The van der Waals surface area contributed by atoms with Gasteiger partial charge in [0, 0.05) is 24.3 Å². The minimum Gasteiger partial charge on any atom is -0.336 e. The van der Waals surface area contributed by atoms with Crippen LogP contribution < -0.4 is 10.6 Å². The van der Waals surface area contributed by atoms with Crippen LogP contribution in [0, 0.1) is 17.6 Å². The normalized spacial score (nSPS) is 20.3. The zero-order chi connectivity index (χ0) is 22.1. The summed E-state index contributed by atoms with van der Waals surface area (Å²) in [4.78, 5) is 37.4. The predicted molar refractivity (Wildman–Crippen MR) is 92.9 cm³/mol. The summed E-state index contributed by atoms with van der Waals surface area (Å²) in [5.74, 6) is -6.62. The van der Waals surface area contributed by atoms with Crippen molar-refractivity contribution >= 4 is 35.0 Å². The molecule has 0 radical (unpaired) electrons. The molecule has 1 saturated heterocycles. The van der Waals surface area contributed by atoms with Crippen molar-refractivity contribution in [3.8, 4) is 0 Å². The number of hydrogen-bond acceptors (Lipinski definition) is 3. The van der Waals surface area contributed by atoms with Gasteiger partial charge in [-0.3, -0.25) is 14.4 Å². The van der Waals surface area contributed by atoms with Gasteiger partial charge in [-0.1, -0.05) is 11.6 Å². The summed E-state index contributed by atoms with van der Waals surface area (Å²) in [5, 5.41) is 3.38. The number of halogens is 6. The first-order valence-electron chi connectivity index (χ1n) is 8.46. The molecule has 0 aromatic heterocycles. The average Bonchev–Trinajstić information content (AvgIpc) is 2.99.